The fourth-order valence-corrected chi connectivity index (χ4v) is 5.21. The summed E-state index contributed by atoms with van der Waals surface area (Å²) < 4.78 is 50.3. The molecular formula is C26H24N2O6S. The molecule has 0 saturated heterocycles. The molecule has 180 valence electrons. The van der Waals surface area contributed by atoms with E-state index >= 15 is 0 Å². The number of sulfonamides is 1. The smallest absolute Gasteiger partial charge is 0.243 e. The molecule has 0 spiro atoms. The summed E-state index contributed by atoms with van der Waals surface area (Å²) in [7, 11) is -2.24. The summed E-state index contributed by atoms with van der Waals surface area (Å²) in [5, 5.41) is 4.14. The molecule has 0 radical (unpaired) electrons. The molecule has 3 aromatic carbocycles. The van der Waals surface area contributed by atoms with Crippen LogP contribution in [0.4, 0.5) is 0 Å². The van der Waals surface area contributed by atoms with E-state index in [1.807, 2.05) is 37.3 Å². The summed E-state index contributed by atoms with van der Waals surface area (Å²) in [6.07, 6.45) is 0. The first-order valence-corrected chi connectivity index (χ1v) is 12.4. The monoisotopic (exact) mass is 492 g/mol. The first-order chi connectivity index (χ1) is 16.9. The highest BCUT2D eigenvalue weighted by Crippen LogP contribution is 2.34. The largest absolute Gasteiger partial charge is 0.497 e. The van der Waals surface area contributed by atoms with E-state index in [0.29, 0.717) is 28.7 Å². The molecule has 0 amide bonds. The van der Waals surface area contributed by atoms with Crippen LogP contribution >= 0.6 is 0 Å². The van der Waals surface area contributed by atoms with E-state index in [9.17, 15) is 8.42 Å². The van der Waals surface area contributed by atoms with Crippen LogP contribution in [-0.2, 0) is 23.1 Å². The molecule has 0 fully saturated rings. The quantitative estimate of drug-likeness (QED) is 0.350. The number of hydrogen-bond acceptors (Lipinski definition) is 7. The minimum Gasteiger partial charge on any atom is -0.497 e. The highest BCUT2D eigenvalue weighted by molar-refractivity contribution is 7.89. The minimum atomic E-state index is -3.83. The third-order valence-electron chi connectivity index (χ3n) is 5.71. The van der Waals surface area contributed by atoms with Crippen molar-refractivity contribution in [1.82, 2.24) is 9.46 Å². The van der Waals surface area contributed by atoms with Gasteiger partial charge in [-0.05, 0) is 48.9 Å². The minimum absolute atomic E-state index is 0.0259. The lowest BCUT2D eigenvalue weighted by Crippen LogP contribution is -2.30. The molecule has 1 aliphatic rings. The van der Waals surface area contributed by atoms with Gasteiger partial charge in [0, 0.05) is 18.2 Å². The number of aryl methyl sites for hydroxylation is 1. The number of methoxy groups -OCH3 is 1. The van der Waals surface area contributed by atoms with E-state index in [4.69, 9.17) is 18.7 Å². The number of aromatic nitrogens is 1. The van der Waals surface area contributed by atoms with Crippen LogP contribution in [0, 0.1) is 6.92 Å². The van der Waals surface area contributed by atoms with E-state index in [2.05, 4.69) is 5.16 Å². The van der Waals surface area contributed by atoms with Crippen LogP contribution in [-0.4, -0.2) is 31.8 Å². The van der Waals surface area contributed by atoms with E-state index < -0.39 is 10.0 Å². The van der Waals surface area contributed by atoms with Crippen molar-refractivity contribution < 1.29 is 27.2 Å². The second-order valence-corrected chi connectivity index (χ2v) is 10.1. The molecule has 2 heterocycles. The molecule has 1 aliphatic heterocycles. The Labute approximate surface area is 203 Å². The zero-order chi connectivity index (χ0) is 24.4. The third-order valence-corrected chi connectivity index (χ3v) is 7.51. The van der Waals surface area contributed by atoms with Gasteiger partial charge in [0.25, 0.3) is 0 Å². The molecule has 0 atom stereocenters. The predicted molar refractivity (Wildman–Crippen MR) is 129 cm³/mol. The Hall–Kier alpha value is -3.82. The molecular weight excluding hydrogens is 468 g/mol. The number of ether oxygens (including phenoxy) is 3. The summed E-state index contributed by atoms with van der Waals surface area (Å²) in [5.41, 5.74) is 3.01. The molecule has 35 heavy (non-hydrogen) atoms. The lowest BCUT2D eigenvalue weighted by molar-refractivity contribution is 0.174. The van der Waals surface area contributed by atoms with Crippen molar-refractivity contribution in [3.8, 4) is 28.6 Å². The van der Waals surface area contributed by atoms with E-state index in [-0.39, 0.29) is 24.8 Å². The molecule has 0 bridgehead atoms. The topological polar surface area (TPSA) is 91.1 Å². The molecule has 4 aromatic rings. The zero-order valence-electron chi connectivity index (χ0n) is 19.3. The van der Waals surface area contributed by atoms with Crippen molar-refractivity contribution in [2.75, 3.05) is 13.9 Å². The Morgan fingerprint density at radius 3 is 2.54 bits per heavy atom. The molecule has 0 unspecified atom stereocenters. The van der Waals surface area contributed by atoms with Gasteiger partial charge in [0.05, 0.1) is 24.2 Å². The van der Waals surface area contributed by atoms with Crippen molar-refractivity contribution >= 4 is 10.0 Å². The lowest BCUT2D eigenvalue weighted by Gasteiger charge is -2.21. The SMILES string of the molecule is COc1cccc(-c2cc(CN(Cc3ccc4c(c3)OCO4)S(=O)(=O)c3ccc(C)cc3)no2)c1. The first kappa shape index (κ1) is 22.9. The normalized spacial score (nSPS) is 12.8. The van der Waals surface area contributed by atoms with Crippen LogP contribution in [0.1, 0.15) is 16.8 Å². The standard InChI is InChI=1S/C26H24N2O6S/c1-18-6-9-23(10-7-18)35(29,30)28(15-19-8-11-24-26(12-19)33-17-32-24)16-21-14-25(34-27-21)20-4-3-5-22(13-20)31-2/h3-14H,15-17H2,1-2H3. The van der Waals surface area contributed by atoms with Gasteiger partial charge in [0.2, 0.25) is 16.8 Å². The average Bonchev–Trinajstić information content (AvgIpc) is 3.53. The van der Waals surface area contributed by atoms with Gasteiger partial charge in [-0.2, -0.15) is 4.31 Å². The predicted octanol–water partition coefficient (Wildman–Crippen LogP) is 4.78. The van der Waals surface area contributed by atoms with Crippen LogP contribution in [0.15, 0.2) is 82.2 Å². The maximum atomic E-state index is 13.6. The Kier molecular flexibility index (Phi) is 6.19. The Bertz CT molecular complexity index is 1450. The van der Waals surface area contributed by atoms with Gasteiger partial charge in [0.15, 0.2) is 17.3 Å². The summed E-state index contributed by atoms with van der Waals surface area (Å²) in [5.74, 6) is 2.44. The number of benzene rings is 3. The summed E-state index contributed by atoms with van der Waals surface area (Å²) in [6, 6.07) is 21.3. The van der Waals surface area contributed by atoms with Crippen molar-refractivity contribution in [1.29, 1.82) is 0 Å². The zero-order valence-corrected chi connectivity index (χ0v) is 20.1. The molecule has 0 N–H and O–H groups in total. The van der Waals surface area contributed by atoms with Crippen molar-refractivity contribution in [3.63, 3.8) is 0 Å². The van der Waals surface area contributed by atoms with Gasteiger partial charge in [-0.3, -0.25) is 0 Å². The molecule has 0 saturated carbocycles. The highest BCUT2D eigenvalue weighted by atomic mass is 32.2. The van der Waals surface area contributed by atoms with Crippen molar-refractivity contribution in [2.45, 2.75) is 24.9 Å². The van der Waals surface area contributed by atoms with E-state index in [1.54, 1.807) is 49.6 Å². The van der Waals surface area contributed by atoms with Gasteiger partial charge in [-0.25, -0.2) is 8.42 Å². The summed E-state index contributed by atoms with van der Waals surface area (Å²) in [4.78, 5) is 0.209. The van der Waals surface area contributed by atoms with E-state index in [0.717, 1.165) is 16.7 Å². The van der Waals surface area contributed by atoms with Crippen molar-refractivity contribution in [2.24, 2.45) is 0 Å². The van der Waals surface area contributed by atoms with Gasteiger partial charge in [0.1, 0.15) is 5.75 Å². The van der Waals surface area contributed by atoms with Crippen LogP contribution < -0.4 is 14.2 Å². The van der Waals surface area contributed by atoms with Crippen LogP contribution in [0.3, 0.4) is 0 Å². The van der Waals surface area contributed by atoms with Gasteiger partial charge < -0.3 is 18.7 Å². The number of fused-ring (bicyclic) bond motifs is 1. The second-order valence-electron chi connectivity index (χ2n) is 8.19. The average molecular weight is 493 g/mol. The molecule has 5 rings (SSSR count). The van der Waals surface area contributed by atoms with Gasteiger partial charge in [-0.1, -0.05) is 41.1 Å². The van der Waals surface area contributed by atoms with Gasteiger partial charge in [-0.15, -0.1) is 0 Å². The highest BCUT2D eigenvalue weighted by Gasteiger charge is 2.27. The molecule has 0 aliphatic carbocycles. The first-order valence-electron chi connectivity index (χ1n) is 11.0. The summed E-state index contributed by atoms with van der Waals surface area (Å²) in [6.45, 7) is 2.21. The van der Waals surface area contributed by atoms with Crippen LogP contribution in [0.5, 0.6) is 17.2 Å². The lowest BCUT2D eigenvalue weighted by atomic mass is 10.1. The van der Waals surface area contributed by atoms with Gasteiger partial charge >= 0.3 is 0 Å². The fourth-order valence-electron chi connectivity index (χ4n) is 3.81. The van der Waals surface area contributed by atoms with Crippen molar-refractivity contribution in [3.05, 3.63) is 89.6 Å². The summed E-state index contributed by atoms with van der Waals surface area (Å²) >= 11 is 0. The molecule has 8 nitrogen and oxygen atoms in total. The Morgan fingerprint density at radius 1 is 0.943 bits per heavy atom. The maximum Gasteiger partial charge on any atom is 0.243 e. The molecule has 1 aromatic heterocycles. The maximum absolute atomic E-state index is 13.6. The third kappa shape index (κ3) is 4.87. The number of rotatable bonds is 8. The van der Waals surface area contributed by atoms with Crippen LogP contribution in [0.25, 0.3) is 11.3 Å². The van der Waals surface area contributed by atoms with E-state index in [1.165, 1.54) is 4.31 Å². The number of hydrogen-bond donors (Lipinski definition) is 0. The fraction of sp³-hybridized carbons (Fsp3) is 0.192. The Balaban J connectivity index is 1.46. The Morgan fingerprint density at radius 2 is 1.74 bits per heavy atom. The second kappa shape index (κ2) is 9.44. The number of nitrogens with zero attached hydrogens (tertiary/aromatic N) is 2. The van der Waals surface area contributed by atoms with Crippen LogP contribution in [0.2, 0.25) is 0 Å². The molecule has 9 heteroatoms.